The van der Waals surface area contributed by atoms with Crippen molar-refractivity contribution in [3.63, 3.8) is 0 Å². The van der Waals surface area contributed by atoms with Crippen LogP contribution in [0, 0.1) is 5.92 Å². The molecule has 0 heterocycles. The monoisotopic (exact) mass is 563 g/mol. The summed E-state index contributed by atoms with van der Waals surface area (Å²) in [6.45, 7) is 7.60. The minimum Gasteiger partial charge on any atom is -0.466 e. The van der Waals surface area contributed by atoms with Crippen molar-refractivity contribution < 1.29 is 9.53 Å². The van der Waals surface area contributed by atoms with Gasteiger partial charge in [-0.25, -0.2) is 0 Å². The zero-order valence-corrected chi connectivity index (χ0v) is 28.0. The molecule has 0 bridgehead atoms. The summed E-state index contributed by atoms with van der Waals surface area (Å²) in [6, 6.07) is 0. The van der Waals surface area contributed by atoms with Crippen molar-refractivity contribution in [2.45, 2.75) is 213 Å². The summed E-state index contributed by atoms with van der Waals surface area (Å²) in [5.41, 5.74) is 0. The summed E-state index contributed by atoms with van der Waals surface area (Å²) in [5.74, 6) is 0.943. The van der Waals surface area contributed by atoms with E-state index in [4.69, 9.17) is 4.74 Å². The zero-order valence-electron chi connectivity index (χ0n) is 28.0. The van der Waals surface area contributed by atoms with Crippen molar-refractivity contribution in [2.75, 3.05) is 6.61 Å². The van der Waals surface area contributed by atoms with Crippen molar-refractivity contribution in [2.24, 2.45) is 5.92 Å². The van der Waals surface area contributed by atoms with E-state index in [-0.39, 0.29) is 5.97 Å². The van der Waals surface area contributed by atoms with Gasteiger partial charge in [-0.3, -0.25) is 4.79 Å². The van der Waals surface area contributed by atoms with Crippen LogP contribution in [-0.4, -0.2) is 12.6 Å². The normalized spacial score (nSPS) is 12.4. The molecule has 0 aromatic rings. The van der Waals surface area contributed by atoms with Gasteiger partial charge < -0.3 is 4.74 Å². The first-order valence-electron chi connectivity index (χ1n) is 18.5. The minimum absolute atomic E-state index is 0.0173. The van der Waals surface area contributed by atoms with Crippen LogP contribution in [-0.2, 0) is 9.53 Å². The van der Waals surface area contributed by atoms with Crippen LogP contribution in [0.3, 0.4) is 0 Å². The lowest BCUT2D eigenvalue weighted by Gasteiger charge is -2.07. The second-order valence-electron chi connectivity index (χ2n) is 12.8. The number of allylic oxidation sites excluding steroid dienone is 2. The highest BCUT2D eigenvalue weighted by Gasteiger charge is 2.03. The van der Waals surface area contributed by atoms with Crippen LogP contribution in [0.15, 0.2) is 12.2 Å². The third-order valence-corrected chi connectivity index (χ3v) is 8.69. The summed E-state index contributed by atoms with van der Waals surface area (Å²) in [4.78, 5) is 11.9. The highest BCUT2D eigenvalue weighted by atomic mass is 16.5. The Labute approximate surface area is 253 Å². The van der Waals surface area contributed by atoms with E-state index in [1.807, 2.05) is 0 Å². The highest BCUT2D eigenvalue weighted by Crippen LogP contribution is 2.16. The lowest BCUT2D eigenvalue weighted by atomic mass is 9.99. The Balaban J connectivity index is 3.20. The number of hydrogen-bond acceptors (Lipinski definition) is 2. The number of esters is 1. The molecule has 0 N–H and O–H groups in total. The average Bonchev–Trinajstić information content (AvgIpc) is 2.96. The van der Waals surface area contributed by atoms with E-state index < -0.39 is 0 Å². The predicted octanol–water partition coefficient (Wildman–Crippen LogP) is 13.5. The van der Waals surface area contributed by atoms with Crippen LogP contribution < -0.4 is 0 Å². The summed E-state index contributed by atoms with van der Waals surface area (Å²) < 4.78 is 5.44. The minimum atomic E-state index is 0.0173. The SMILES string of the molecule is CCCCCCCC/C=C\CCCCCCCC(=O)OCCCCCCCCCCCCCCCCC(C)CC. The van der Waals surface area contributed by atoms with Crippen molar-refractivity contribution in [1.82, 2.24) is 0 Å². The number of ether oxygens (including phenoxy) is 1. The molecule has 40 heavy (non-hydrogen) atoms. The quantitative estimate of drug-likeness (QED) is 0.0451. The fraction of sp³-hybridized carbons (Fsp3) is 0.921. The van der Waals surface area contributed by atoms with Crippen LogP contribution >= 0.6 is 0 Å². The van der Waals surface area contributed by atoms with Gasteiger partial charge in [0.2, 0.25) is 0 Å². The number of unbranched alkanes of at least 4 members (excludes halogenated alkanes) is 24. The maximum Gasteiger partial charge on any atom is 0.305 e. The maximum atomic E-state index is 11.9. The van der Waals surface area contributed by atoms with E-state index in [2.05, 4.69) is 32.9 Å². The topological polar surface area (TPSA) is 26.3 Å². The molecule has 2 nitrogen and oxygen atoms in total. The maximum absolute atomic E-state index is 11.9. The second-order valence-corrected chi connectivity index (χ2v) is 12.8. The van der Waals surface area contributed by atoms with E-state index in [1.54, 1.807) is 0 Å². The molecule has 0 aromatic heterocycles. The van der Waals surface area contributed by atoms with Crippen molar-refractivity contribution in [3.8, 4) is 0 Å². The fourth-order valence-corrected chi connectivity index (χ4v) is 5.52. The molecule has 0 aromatic carbocycles. The summed E-state index contributed by atoms with van der Waals surface area (Å²) in [6.07, 6.45) is 44.1. The lowest BCUT2D eigenvalue weighted by Crippen LogP contribution is -2.05. The first-order chi connectivity index (χ1) is 19.7. The Bertz CT molecular complexity index is 512. The molecular weight excluding hydrogens is 488 g/mol. The van der Waals surface area contributed by atoms with Gasteiger partial charge in [-0.05, 0) is 44.4 Å². The van der Waals surface area contributed by atoms with E-state index >= 15 is 0 Å². The van der Waals surface area contributed by atoms with Crippen LogP contribution in [0.4, 0.5) is 0 Å². The molecule has 0 radical (unpaired) electrons. The molecular formula is C38H74O2. The van der Waals surface area contributed by atoms with E-state index in [0.29, 0.717) is 13.0 Å². The van der Waals surface area contributed by atoms with Gasteiger partial charge in [-0.2, -0.15) is 0 Å². The van der Waals surface area contributed by atoms with Crippen molar-refractivity contribution in [3.05, 3.63) is 12.2 Å². The van der Waals surface area contributed by atoms with Crippen molar-refractivity contribution >= 4 is 5.97 Å². The predicted molar refractivity (Wildman–Crippen MR) is 179 cm³/mol. The van der Waals surface area contributed by atoms with Gasteiger partial charge in [-0.15, -0.1) is 0 Å². The summed E-state index contributed by atoms with van der Waals surface area (Å²) in [7, 11) is 0. The molecule has 2 heteroatoms. The molecule has 0 fully saturated rings. The number of rotatable bonds is 33. The zero-order chi connectivity index (χ0) is 29.2. The van der Waals surface area contributed by atoms with Crippen LogP contribution in [0.5, 0.6) is 0 Å². The van der Waals surface area contributed by atoms with Crippen molar-refractivity contribution in [1.29, 1.82) is 0 Å². The van der Waals surface area contributed by atoms with Crippen LogP contribution in [0.25, 0.3) is 0 Å². The summed E-state index contributed by atoms with van der Waals surface area (Å²) >= 11 is 0. The Kier molecular flexibility index (Phi) is 33.7. The van der Waals surface area contributed by atoms with Gasteiger partial charge in [0.25, 0.3) is 0 Å². The molecule has 1 atom stereocenters. The van der Waals surface area contributed by atoms with Gasteiger partial charge in [-0.1, -0.05) is 181 Å². The third kappa shape index (κ3) is 33.4. The Morgan fingerprint density at radius 2 is 0.925 bits per heavy atom. The van der Waals surface area contributed by atoms with Crippen LogP contribution in [0.2, 0.25) is 0 Å². The second kappa shape index (κ2) is 34.4. The number of carbonyl (C=O) groups excluding carboxylic acids is 1. The molecule has 0 saturated carbocycles. The molecule has 0 aliphatic heterocycles. The molecule has 0 saturated heterocycles. The van der Waals surface area contributed by atoms with E-state index in [1.165, 1.54) is 167 Å². The van der Waals surface area contributed by atoms with E-state index in [9.17, 15) is 4.79 Å². The molecule has 0 spiro atoms. The molecule has 0 aliphatic rings. The average molecular weight is 563 g/mol. The first kappa shape index (κ1) is 39.2. The highest BCUT2D eigenvalue weighted by molar-refractivity contribution is 5.69. The Hall–Kier alpha value is -0.790. The standard InChI is InChI=1S/C38H74O2/c1-4-6-7-8-9-10-11-12-13-17-20-23-26-29-32-35-38(39)40-36-33-30-27-24-21-18-15-14-16-19-22-25-28-31-34-37(3)5-2/h12-13,37H,4-11,14-36H2,1-3H3/b13-12-. The number of carbonyl (C=O) groups is 1. The van der Waals surface area contributed by atoms with E-state index in [0.717, 1.165) is 25.2 Å². The smallest absolute Gasteiger partial charge is 0.305 e. The first-order valence-corrected chi connectivity index (χ1v) is 18.5. The van der Waals surface area contributed by atoms with Gasteiger partial charge in [0.05, 0.1) is 6.61 Å². The molecule has 1 unspecified atom stereocenters. The van der Waals surface area contributed by atoms with Gasteiger partial charge in [0.15, 0.2) is 0 Å². The third-order valence-electron chi connectivity index (χ3n) is 8.69. The molecule has 0 rings (SSSR count). The fourth-order valence-electron chi connectivity index (χ4n) is 5.52. The molecule has 238 valence electrons. The van der Waals surface area contributed by atoms with Gasteiger partial charge in [0, 0.05) is 6.42 Å². The molecule has 0 amide bonds. The Morgan fingerprint density at radius 3 is 1.40 bits per heavy atom. The largest absolute Gasteiger partial charge is 0.466 e. The molecule has 0 aliphatic carbocycles. The van der Waals surface area contributed by atoms with Gasteiger partial charge >= 0.3 is 5.97 Å². The van der Waals surface area contributed by atoms with Gasteiger partial charge in [0.1, 0.15) is 0 Å². The number of hydrogen-bond donors (Lipinski definition) is 0. The Morgan fingerprint density at radius 1 is 0.525 bits per heavy atom. The summed E-state index contributed by atoms with van der Waals surface area (Å²) in [5, 5.41) is 0. The van der Waals surface area contributed by atoms with Crippen LogP contribution in [0.1, 0.15) is 213 Å². The lowest BCUT2D eigenvalue weighted by molar-refractivity contribution is -0.143.